The van der Waals surface area contributed by atoms with Crippen molar-refractivity contribution < 1.29 is 13.2 Å². The van der Waals surface area contributed by atoms with Crippen molar-refractivity contribution in [2.75, 3.05) is 13.1 Å². The first-order valence-electron chi connectivity index (χ1n) is 12.6. The van der Waals surface area contributed by atoms with Crippen LogP contribution < -0.4 is 0 Å². The van der Waals surface area contributed by atoms with E-state index in [1.54, 1.807) is 16.4 Å². The summed E-state index contributed by atoms with van der Waals surface area (Å²) in [6.07, 6.45) is 0. The molecule has 1 fully saturated rings. The second-order valence-electron chi connectivity index (χ2n) is 10.5. The molecule has 6 rings (SSSR count). The van der Waals surface area contributed by atoms with Gasteiger partial charge in [-0.25, -0.2) is 8.42 Å². The van der Waals surface area contributed by atoms with E-state index in [2.05, 4.69) is 19.1 Å². The van der Waals surface area contributed by atoms with E-state index in [0.717, 1.165) is 22.3 Å². The first kappa shape index (κ1) is 23.8. The highest BCUT2D eigenvalue weighted by molar-refractivity contribution is 7.89. The number of nitrogens with zero attached hydrogens (tertiary/aromatic N) is 1. The number of hydrogen-bond acceptors (Lipinski definition) is 3. The Morgan fingerprint density at radius 2 is 1.35 bits per heavy atom. The summed E-state index contributed by atoms with van der Waals surface area (Å²) in [4.78, 5) is 14.5. The summed E-state index contributed by atoms with van der Waals surface area (Å²) < 4.78 is 29.8. The second-order valence-corrected chi connectivity index (χ2v) is 12.4. The van der Waals surface area contributed by atoms with Crippen molar-refractivity contribution in [2.45, 2.75) is 35.5 Å². The van der Waals surface area contributed by atoms with Crippen LogP contribution in [0.25, 0.3) is 0 Å². The van der Waals surface area contributed by atoms with Crippen molar-refractivity contribution in [1.82, 2.24) is 4.31 Å². The SMILES string of the molecule is Cc1ccc(S(=O)(=O)N2C[C@@](C)(c3ccccc3)[C@@]3(C2)c2ccccc2C(=O)[C@@H]3c2ccccc2)cc1. The van der Waals surface area contributed by atoms with Gasteiger partial charge >= 0.3 is 0 Å². The van der Waals surface area contributed by atoms with Crippen molar-refractivity contribution in [2.24, 2.45) is 0 Å². The van der Waals surface area contributed by atoms with Crippen molar-refractivity contribution in [3.05, 3.63) is 137 Å². The molecule has 2 aliphatic rings. The standard InChI is InChI=1S/C32H29NO3S/c1-23-17-19-26(20-18-23)37(35,36)33-21-31(2,25-13-7-4-8-14-25)32(22-33)28-16-10-9-15-27(28)30(34)29(32)24-11-5-3-6-12-24/h3-20,29H,21-22H2,1-2H3/t29-,31-,32-/m0/s1. The van der Waals surface area contributed by atoms with Gasteiger partial charge in [0.15, 0.2) is 5.78 Å². The van der Waals surface area contributed by atoms with Crippen LogP contribution in [0.3, 0.4) is 0 Å². The normalized spacial score (nSPS) is 25.5. The maximum Gasteiger partial charge on any atom is 0.243 e. The molecule has 0 bridgehead atoms. The minimum Gasteiger partial charge on any atom is -0.293 e. The molecular weight excluding hydrogens is 478 g/mol. The summed E-state index contributed by atoms with van der Waals surface area (Å²) in [5.74, 6) is -0.451. The zero-order valence-corrected chi connectivity index (χ0v) is 21.8. The molecule has 1 heterocycles. The fourth-order valence-electron chi connectivity index (χ4n) is 6.68. The predicted octanol–water partition coefficient (Wildman–Crippen LogP) is 5.88. The molecule has 1 saturated heterocycles. The molecule has 4 aromatic rings. The van der Waals surface area contributed by atoms with Gasteiger partial charge in [0.1, 0.15) is 0 Å². The summed E-state index contributed by atoms with van der Waals surface area (Å²) in [6.45, 7) is 4.58. The van der Waals surface area contributed by atoms with Crippen LogP contribution in [0.1, 0.15) is 45.5 Å². The van der Waals surface area contributed by atoms with E-state index in [4.69, 9.17) is 0 Å². The Morgan fingerprint density at radius 3 is 2.03 bits per heavy atom. The minimum absolute atomic E-state index is 0.0542. The quantitative estimate of drug-likeness (QED) is 0.347. The number of rotatable bonds is 4. The second kappa shape index (κ2) is 8.51. The van der Waals surface area contributed by atoms with E-state index in [-0.39, 0.29) is 23.8 Å². The van der Waals surface area contributed by atoms with Crippen molar-refractivity contribution in [3.8, 4) is 0 Å². The number of benzene rings is 4. The summed E-state index contributed by atoms with van der Waals surface area (Å²) in [6, 6.07) is 34.7. The van der Waals surface area contributed by atoms with Gasteiger partial charge in [0, 0.05) is 29.5 Å². The fourth-order valence-corrected chi connectivity index (χ4v) is 8.26. The lowest BCUT2D eigenvalue weighted by Crippen LogP contribution is -2.49. The number of carbonyl (C=O) groups excluding carboxylic acids is 1. The number of ketones is 1. The van der Waals surface area contributed by atoms with Crippen LogP contribution >= 0.6 is 0 Å². The summed E-state index contributed by atoms with van der Waals surface area (Å²) in [5.41, 5.74) is 3.14. The molecule has 5 heteroatoms. The van der Waals surface area contributed by atoms with E-state index in [0.29, 0.717) is 5.56 Å². The van der Waals surface area contributed by atoms with Gasteiger partial charge in [-0.15, -0.1) is 0 Å². The molecule has 4 aromatic carbocycles. The van der Waals surface area contributed by atoms with Gasteiger partial charge in [0.05, 0.1) is 10.8 Å². The topological polar surface area (TPSA) is 54.5 Å². The maximum absolute atomic E-state index is 14.2. The smallest absolute Gasteiger partial charge is 0.243 e. The molecule has 0 aromatic heterocycles. The van der Waals surface area contributed by atoms with Crippen LogP contribution in [0, 0.1) is 6.92 Å². The number of sulfonamides is 1. The number of hydrogen-bond donors (Lipinski definition) is 0. The molecule has 1 spiro atoms. The fraction of sp³-hybridized carbons (Fsp3) is 0.219. The lowest BCUT2D eigenvalue weighted by atomic mass is 9.55. The van der Waals surface area contributed by atoms with Gasteiger partial charge in [-0.1, -0.05) is 110 Å². The molecule has 4 nitrogen and oxygen atoms in total. The molecule has 0 unspecified atom stereocenters. The van der Waals surface area contributed by atoms with Crippen LogP contribution in [0.2, 0.25) is 0 Å². The third kappa shape index (κ3) is 3.38. The number of carbonyl (C=O) groups is 1. The number of Topliss-reactive ketones (excluding diaryl/α,β-unsaturated/α-hetero) is 1. The van der Waals surface area contributed by atoms with Gasteiger partial charge in [0.2, 0.25) is 10.0 Å². The maximum atomic E-state index is 14.2. The average molecular weight is 508 g/mol. The van der Waals surface area contributed by atoms with Gasteiger partial charge in [-0.3, -0.25) is 4.79 Å². The monoisotopic (exact) mass is 507 g/mol. The summed E-state index contributed by atoms with van der Waals surface area (Å²) in [5, 5.41) is 0. The Balaban J connectivity index is 1.63. The van der Waals surface area contributed by atoms with Crippen LogP contribution in [-0.2, 0) is 20.9 Å². The van der Waals surface area contributed by atoms with Gasteiger partial charge < -0.3 is 0 Å². The average Bonchev–Trinajstić information content (AvgIpc) is 3.38. The summed E-state index contributed by atoms with van der Waals surface area (Å²) >= 11 is 0. The van der Waals surface area contributed by atoms with Crippen LogP contribution in [0.5, 0.6) is 0 Å². The van der Waals surface area contributed by atoms with Crippen LogP contribution in [0.4, 0.5) is 0 Å². The zero-order valence-electron chi connectivity index (χ0n) is 21.0. The third-order valence-corrected chi connectivity index (χ3v) is 10.3. The molecular formula is C32H29NO3S. The lowest BCUT2D eigenvalue weighted by molar-refractivity contribution is 0.0922. The highest BCUT2D eigenvalue weighted by Crippen LogP contribution is 2.62. The number of fused-ring (bicyclic) bond motifs is 2. The van der Waals surface area contributed by atoms with E-state index >= 15 is 0 Å². The highest BCUT2D eigenvalue weighted by atomic mass is 32.2. The molecule has 3 atom stereocenters. The molecule has 1 aliphatic carbocycles. The predicted molar refractivity (Wildman–Crippen MR) is 145 cm³/mol. The summed E-state index contributed by atoms with van der Waals surface area (Å²) in [7, 11) is -3.80. The van der Waals surface area contributed by atoms with Crippen LogP contribution in [0.15, 0.2) is 114 Å². The zero-order chi connectivity index (χ0) is 25.8. The Bertz CT molecular complexity index is 1580. The van der Waals surface area contributed by atoms with Gasteiger partial charge in [-0.2, -0.15) is 4.31 Å². The Kier molecular flexibility index (Phi) is 5.48. The molecule has 0 saturated carbocycles. The van der Waals surface area contributed by atoms with Crippen molar-refractivity contribution in [1.29, 1.82) is 0 Å². The molecule has 186 valence electrons. The minimum atomic E-state index is -3.80. The van der Waals surface area contributed by atoms with Crippen molar-refractivity contribution in [3.63, 3.8) is 0 Å². The number of aryl methyl sites for hydroxylation is 1. The highest BCUT2D eigenvalue weighted by Gasteiger charge is 2.67. The largest absolute Gasteiger partial charge is 0.293 e. The van der Waals surface area contributed by atoms with Gasteiger partial charge in [0.25, 0.3) is 0 Å². The first-order chi connectivity index (χ1) is 17.8. The van der Waals surface area contributed by atoms with Crippen molar-refractivity contribution >= 4 is 15.8 Å². The Labute approximate surface area is 218 Å². The molecule has 37 heavy (non-hydrogen) atoms. The molecule has 1 aliphatic heterocycles. The van der Waals surface area contributed by atoms with E-state index in [1.165, 1.54) is 0 Å². The van der Waals surface area contributed by atoms with E-state index in [1.807, 2.05) is 91.9 Å². The lowest BCUT2D eigenvalue weighted by Gasteiger charge is -2.45. The Morgan fingerprint density at radius 1 is 0.757 bits per heavy atom. The third-order valence-electron chi connectivity index (χ3n) is 8.53. The van der Waals surface area contributed by atoms with Crippen LogP contribution in [-0.4, -0.2) is 31.6 Å². The Hall–Kier alpha value is -3.54. The van der Waals surface area contributed by atoms with E-state index < -0.39 is 26.8 Å². The van der Waals surface area contributed by atoms with Gasteiger partial charge in [-0.05, 0) is 35.7 Å². The van der Waals surface area contributed by atoms with E-state index in [9.17, 15) is 13.2 Å². The molecule has 0 radical (unpaired) electrons. The molecule has 0 N–H and O–H groups in total. The first-order valence-corrected chi connectivity index (χ1v) is 14.0. The molecule has 0 amide bonds.